The molecule has 0 aliphatic carbocycles. The van der Waals surface area contributed by atoms with Crippen molar-refractivity contribution in [1.82, 2.24) is 24.6 Å². The Kier molecular flexibility index (Phi) is 5.88. The summed E-state index contributed by atoms with van der Waals surface area (Å²) in [5, 5.41) is 4.54. The predicted molar refractivity (Wildman–Crippen MR) is 116 cm³/mol. The topological polar surface area (TPSA) is 82.4 Å². The lowest BCUT2D eigenvalue weighted by Crippen LogP contribution is -2.45. The first kappa shape index (κ1) is 20.8. The van der Waals surface area contributed by atoms with Gasteiger partial charge in [0.2, 0.25) is 0 Å². The summed E-state index contributed by atoms with van der Waals surface area (Å²) in [7, 11) is 3.42. The van der Waals surface area contributed by atoms with Crippen LogP contribution in [0.2, 0.25) is 0 Å². The van der Waals surface area contributed by atoms with Crippen molar-refractivity contribution in [1.29, 1.82) is 0 Å². The van der Waals surface area contributed by atoms with E-state index in [0.717, 1.165) is 41.2 Å². The highest BCUT2D eigenvalue weighted by molar-refractivity contribution is 5.93. The lowest BCUT2D eigenvalue weighted by molar-refractivity contribution is 0.0505. The number of aromatic nitrogens is 4. The molecule has 1 unspecified atom stereocenters. The standard InChI is InChI=1S/C23H27N5O3/c1-15-11-16(2)25-23(24-15)31-19-9-6-10-28(14-19)22(29)21-13-20(26-27(21)3)17-7-5-8-18(12-17)30-4/h5,7-8,11-13,19H,6,9-10,14H2,1-4H3. The maximum Gasteiger partial charge on any atom is 0.317 e. The van der Waals surface area contributed by atoms with Crippen molar-refractivity contribution in [2.24, 2.45) is 7.05 Å². The first-order chi connectivity index (χ1) is 14.9. The van der Waals surface area contributed by atoms with Gasteiger partial charge in [-0.25, -0.2) is 9.97 Å². The minimum Gasteiger partial charge on any atom is -0.497 e. The smallest absolute Gasteiger partial charge is 0.317 e. The molecule has 3 heterocycles. The number of rotatable bonds is 5. The maximum atomic E-state index is 13.2. The quantitative estimate of drug-likeness (QED) is 0.629. The van der Waals surface area contributed by atoms with Crippen molar-refractivity contribution in [2.75, 3.05) is 20.2 Å². The first-order valence-corrected chi connectivity index (χ1v) is 10.4. The Morgan fingerprint density at radius 2 is 1.90 bits per heavy atom. The second kappa shape index (κ2) is 8.75. The minimum atomic E-state index is -0.134. The number of carbonyl (C=O) groups excluding carboxylic acids is 1. The molecule has 162 valence electrons. The third-order valence-electron chi connectivity index (χ3n) is 5.36. The number of likely N-dealkylation sites (tertiary alicyclic amines) is 1. The molecule has 8 nitrogen and oxygen atoms in total. The molecule has 3 aromatic rings. The van der Waals surface area contributed by atoms with Crippen molar-refractivity contribution in [3.8, 4) is 23.0 Å². The van der Waals surface area contributed by atoms with Crippen LogP contribution < -0.4 is 9.47 Å². The molecule has 0 spiro atoms. The van der Waals surface area contributed by atoms with Crippen LogP contribution in [0, 0.1) is 13.8 Å². The molecule has 0 radical (unpaired) electrons. The van der Waals surface area contributed by atoms with E-state index in [9.17, 15) is 4.79 Å². The summed E-state index contributed by atoms with van der Waals surface area (Å²) >= 11 is 0. The largest absolute Gasteiger partial charge is 0.497 e. The van der Waals surface area contributed by atoms with E-state index in [2.05, 4.69) is 15.1 Å². The van der Waals surface area contributed by atoms with Gasteiger partial charge in [0.25, 0.3) is 5.91 Å². The number of carbonyl (C=O) groups is 1. The second-order valence-corrected chi connectivity index (χ2v) is 7.84. The van der Waals surface area contributed by atoms with Gasteiger partial charge in [0.15, 0.2) is 0 Å². The van der Waals surface area contributed by atoms with Crippen molar-refractivity contribution < 1.29 is 14.3 Å². The zero-order valence-electron chi connectivity index (χ0n) is 18.3. The number of piperidine rings is 1. The SMILES string of the molecule is COc1cccc(-c2cc(C(=O)N3CCCC(Oc4nc(C)cc(C)n4)C3)n(C)n2)c1. The molecule has 0 bridgehead atoms. The van der Waals surface area contributed by atoms with Crippen LogP contribution in [0.1, 0.15) is 34.7 Å². The van der Waals surface area contributed by atoms with Gasteiger partial charge in [0.1, 0.15) is 17.5 Å². The molecule has 1 atom stereocenters. The summed E-state index contributed by atoms with van der Waals surface area (Å²) in [6, 6.07) is 11.8. The molecule has 1 fully saturated rings. The van der Waals surface area contributed by atoms with Crippen LogP contribution in [0.25, 0.3) is 11.3 Å². The number of ether oxygens (including phenoxy) is 2. The van der Waals surface area contributed by atoms with Gasteiger partial charge in [0, 0.05) is 30.5 Å². The zero-order valence-corrected chi connectivity index (χ0v) is 18.3. The monoisotopic (exact) mass is 421 g/mol. The van der Waals surface area contributed by atoms with Crippen LogP contribution >= 0.6 is 0 Å². The maximum absolute atomic E-state index is 13.2. The van der Waals surface area contributed by atoms with Gasteiger partial charge >= 0.3 is 6.01 Å². The Balaban J connectivity index is 1.49. The van der Waals surface area contributed by atoms with Crippen LogP contribution in [-0.2, 0) is 7.05 Å². The van der Waals surface area contributed by atoms with E-state index in [4.69, 9.17) is 9.47 Å². The van der Waals surface area contributed by atoms with Crippen LogP contribution in [0.5, 0.6) is 11.8 Å². The van der Waals surface area contributed by atoms with E-state index in [1.165, 1.54) is 0 Å². The van der Waals surface area contributed by atoms with Crippen LogP contribution in [-0.4, -0.2) is 56.9 Å². The molecule has 8 heteroatoms. The Morgan fingerprint density at radius 3 is 2.65 bits per heavy atom. The number of nitrogens with zero attached hydrogens (tertiary/aromatic N) is 5. The molecule has 1 saturated heterocycles. The summed E-state index contributed by atoms with van der Waals surface area (Å²) in [5.74, 6) is 0.694. The molecule has 4 rings (SSSR count). The van der Waals surface area contributed by atoms with Gasteiger partial charge in [-0.1, -0.05) is 12.1 Å². The van der Waals surface area contributed by atoms with E-state index in [1.807, 2.05) is 55.1 Å². The molecule has 1 aliphatic rings. The van der Waals surface area contributed by atoms with Crippen LogP contribution in [0.3, 0.4) is 0 Å². The Bertz CT molecular complexity index is 1070. The van der Waals surface area contributed by atoms with E-state index in [1.54, 1.807) is 18.8 Å². The van der Waals surface area contributed by atoms with E-state index in [-0.39, 0.29) is 12.0 Å². The molecule has 1 aromatic carbocycles. The van der Waals surface area contributed by atoms with Crippen molar-refractivity contribution >= 4 is 5.91 Å². The van der Waals surface area contributed by atoms with Gasteiger partial charge in [0.05, 0.1) is 19.3 Å². The van der Waals surface area contributed by atoms with Crippen molar-refractivity contribution in [3.63, 3.8) is 0 Å². The summed E-state index contributed by atoms with van der Waals surface area (Å²) < 4.78 is 12.9. The fourth-order valence-corrected chi connectivity index (χ4v) is 3.87. The lowest BCUT2D eigenvalue weighted by Gasteiger charge is -2.32. The number of amides is 1. The molecular weight excluding hydrogens is 394 g/mol. The molecule has 0 N–H and O–H groups in total. The third-order valence-corrected chi connectivity index (χ3v) is 5.36. The Labute approximate surface area is 181 Å². The van der Waals surface area contributed by atoms with Crippen molar-refractivity contribution in [3.05, 3.63) is 53.5 Å². The highest BCUT2D eigenvalue weighted by Gasteiger charge is 2.28. The van der Waals surface area contributed by atoms with Crippen LogP contribution in [0.15, 0.2) is 36.4 Å². The summed E-state index contributed by atoms with van der Waals surface area (Å²) in [6.07, 6.45) is 1.59. The Morgan fingerprint density at radius 1 is 1.13 bits per heavy atom. The van der Waals surface area contributed by atoms with E-state index >= 15 is 0 Å². The van der Waals surface area contributed by atoms with E-state index < -0.39 is 0 Å². The zero-order chi connectivity index (χ0) is 22.0. The highest BCUT2D eigenvalue weighted by atomic mass is 16.5. The Hall–Kier alpha value is -3.42. The van der Waals surface area contributed by atoms with Gasteiger partial charge in [-0.15, -0.1) is 0 Å². The predicted octanol–water partition coefficient (Wildman–Crippen LogP) is 3.19. The normalized spacial score (nSPS) is 16.3. The average molecular weight is 422 g/mol. The first-order valence-electron chi connectivity index (χ1n) is 10.4. The third kappa shape index (κ3) is 4.68. The van der Waals surface area contributed by atoms with Crippen molar-refractivity contribution in [2.45, 2.75) is 32.8 Å². The molecule has 0 saturated carbocycles. The highest BCUT2D eigenvalue weighted by Crippen LogP contribution is 2.25. The number of aryl methyl sites for hydroxylation is 3. The van der Waals surface area contributed by atoms with Gasteiger partial charge < -0.3 is 14.4 Å². The van der Waals surface area contributed by atoms with Gasteiger partial charge in [-0.05, 0) is 51.0 Å². The summed E-state index contributed by atoms with van der Waals surface area (Å²) in [4.78, 5) is 23.8. The minimum absolute atomic E-state index is 0.0567. The fraction of sp³-hybridized carbons (Fsp3) is 0.391. The average Bonchev–Trinajstić information content (AvgIpc) is 3.14. The van der Waals surface area contributed by atoms with Gasteiger partial charge in [-0.2, -0.15) is 5.10 Å². The molecule has 31 heavy (non-hydrogen) atoms. The van der Waals surface area contributed by atoms with Crippen LogP contribution in [0.4, 0.5) is 0 Å². The number of methoxy groups -OCH3 is 1. The summed E-state index contributed by atoms with van der Waals surface area (Å²) in [6.45, 7) is 5.02. The summed E-state index contributed by atoms with van der Waals surface area (Å²) in [5.41, 5.74) is 3.91. The lowest BCUT2D eigenvalue weighted by atomic mass is 10.1. The van der Waals surface area contributed by atoms with Gasteiger partial charge in [-0.3, -0.25) is 9.48 Å². The second-order valence-electron chi connectivity index (χ2n) is 7.84. The molecule has 1 aliphatic heterocycles. The fourth-order valence-electron chi connectivity index (χ4n) is 3.87. The van der Waals surface area contributed by atoms with E-state index in [0.29, 0.717) is 24.8 Å². The molecular formula is C23H27N5O3. The number of benzene rings is 1. The number of hydrogen-bond donors (Lipinski definition) is 0. The molecule has 2 aromatic heterocycles. The number of hydrogen-bond acceptors (Lipinski definition) is 6. The molecule has 1 amide bonds.